The second-order valence-corrected chi connectivity index (χ2v) is 3.86. The van der Waals surface area contributed by atoms with Crippen LogP contribution in [0.4, 0.5) is 11.5 Å². The zero-order valence-corrected chi connectivity index (χ0v) is 10.4. The van der Waals surface area contributed by atoms with Gasteiger partial charge in [-0.3, -0.25) is 15.0 Å². The topological polar surface area (TPSA) is 68.5 Å². The Morgan fingerprint density at radius 1 is 1.26 bits per heavy atom. The summed E-state index contributed by atoms with van der Waals surface area (Å²) in [6.07, 6.45) is 1.49. The molecule has 98 valence electrons. The summed E-state index contributed by atoms with van der Waals surface area (Å²) in [7, 11) is 1.60. The lowest BCUT2D eigenvalue weighted by Gasteiger charge is -2.17. The molecular weight excluding hydrogens is 246 g/mol. The Hall–Kier alpha value is -2.47. The van der Waals surface area contributed by atoms with Crippen LogP contribution < -0.4 is 5.06 Å². The van der Waals surface area contributed by atoms with Crippen molar-refractivity contribution in [3.05, 3.63) is 64.3 Å². The van der Waals surface area contributed by atoms with Crippen molar-refractivity contribution in [1.82, 2.24) is 4.98 Å². The number of nitro groups is 1. The number of hydrogen-bond donors (Lipinski definition) is 0. The van der Waals surface area contributed by atoms with Gasteiger partial charge in [0.05, 0.1) is 11.5 Å². The fraction of sp³-hybridized carbons (Fsp3) is 0.154. The summed E-state index contributed by atoms with van der Waals surface area (Å²) in [5, 5.41) is 12.2. The average Bonchev–Trinajstić information content (AvgIpc) is 2.46. The maximum atomic E-state index is 10.9. The molecule has 0 aliphatic rings. The molecule has 2 rings (SSSR count). The Labute approximate surface area is 110 Å². The summed E-state index contributed by atoms with van der Waals surface area (Å²) < 4.78 is 0. The molecule has 2 aromatic rings. The molecule has 6 heteroatoms. The van der Waals surface area contributed by atoms with Crippen molar-refractivity contribution in [1.29, 1.82) is 0 Å². The number of aromatic nitrogens is 1. The van der Waals surface area contributed by atoms with Crippen molar-refractivity contribution < 1.29 is 9.76 Å². The molecule has 0 aliphatic heterocycles. The summed E-state index contributed by atoms with van der Waals surface area (Å²) in [5.74, 6) is 0.184. The molecule has 0 fully saturated rings. The average molecular weight is 259 g/mol. The highest BCUT2D eigenvalue weighted by Crippen LogP contribution is 2.24. The smallest absolute Gasteiger partial charge is 0.267 e. The molecule has 6 nitrogen and oxygen atoms in total. The molecule has 0 amide bonds. The van der Waals surface area contributed by atoms with Gasteiger partial charge in [-0.25, -0.2) is 10.0 Å². The summed E-state index contributed by atoms with van der Waals surface area (Å²) in [5.41, 5.74) is 0.894. The Balaban J connectivity index is 2.08. The third kappa shape index (κ3) is 3.26. The Bertz CT molecular complexity index is 560. The quantitative estimate of drug-likeness (QED) is 0.609. The van der Waals surface area contributed by atoms with Crippen LogP contribution in [0, 0.1) is 10.1 Å². The van der Waals surface area contributed by atoms with Crippen LogP contribution in [-0.4, -0.2) is 17.0 Å². The van der Waals surface area contributed by atoms with E-state index in [1.165, 1.54) is 23.4 Å². The van der Waals surface area contributed by atoms with Crippen molar-refractivity contribution in [3.8, 4) is 0 Å². The number of pyridine rings is 1. The van der Waals surface area contributed by atoms with Crippen LogP contribution >= 0.6 is 0 Å². The van der Waals surface area contributed by atoms with E-state index < -0.39 is 4.92 Å². The maximum absolute atomic E-state index is 10.9. The molecular formula is C13H13N3O3. The van der Waals surface area contributed by atoms with Crippen molar-refractivity contribution >= 4 is 11.5 Å². The number of nitrogens with zero attached hydrogens (tertiary/aromatic N) is 3. The highest BCUT2D eigenvalue weighted by Gasteiger charge is 2.18. The Morgan fingerprint density at radius 3 is 2.68 bits per heavy atom. The number of benzene rings is 1. The lowest BCUT2D eigenvalue weighted by atomic mass is 10.2. The first-order chi connectivity index (χ1) is 9.18. The van der Waals surface area contributed by atoms with E-state index in [0.717, 1.165) is 5.56 Å². The second-order valence-electron chi connectivity index (χ2n) is 3.86. The first kappa shape index (κ1) is 13.0. The van der Waals surface area contributed by atoms with Gasteiger partial charge in [0.25, 0.3) is 0 Å². The summed E-state index contributed by atoms with van der Waals surface area (Å²) in [6, 6.07) is 12.5. The minimum Gasteiger partial charge on any atom is -0.267 e. The van der Waals surface area contributed by atoms with E-state index in [1.807, 2.05) is 30.3 Å². The van der Waals surface area contributed by atoms with Crippen LogP contribution in [0.5, 0.6) is 0 Å². The molecule has 1 aromatic heterocycles. The molecule has 0 N–H and O–H groups in total. The predicted molar refractivity (Wildman–Crippen MR) is 70.5 cm³/mol. The van der Waals surface area contributed by atoms with Crippen LogP contribution in [0.15, 0.2) is 48.7 Å². The van der Waals surface area contributed by atoms with E-state index in [2.05, 4.69) is 4.98 Å². The molecule has 0 saturated heterocycles. The fourth-order valence-electron chi connectivity index (χ4n) is 1.58. The first-order valence-electron chi connectivity index (χ1n) is 5.68. The minimum absolute atomic E-state index is 0.0851. The zero-order chi connectivity index (χ0) is 13.7. The summed E-state index contributed by atoms with van der Waals surface area (Å²) >= 11 is 0. The standard InChI is InChI=1S/C13H13N3O3/c1-15(19-10-11-6-3-2-4-7-11)13-12(16(17)18)8-5-9-14-13/h2-9H,10H2,1H3. The molecule has 1 heterocycles. The van der Waals surface area contributed by atoms with E-state index >= 15 is 0 Å². The van der Waals surface area contributed by atoms with Gasteiger partial charge in [0, 0.05) is 19.3 Å². The molecule has 0 atom stereocenters. The molecule has 1 aromatic carbocycles. The Morgan fingerprint density at radius 2 is 2.00 bits per heavy atom. The first-order valence-corrected chi connectivity index (χ1v) is 5.68. The van der Waals surface area contributed by atoms with Crippen molar-refractivity contribution in [2.75, 3.05) is 12.1 Å². The van der Waals surface area contributed by atoms with Crippen molar-refractivity contribution in [2.24, 2.45) is 0 Å². The molecule has 0 radical (unpaired) electrons. The number of hydrogen-bond acceptors (Lipinski definition) is 5. The van der Waals surface area contributed by atoms with Gasteiger partial charge in [0.2, 0.25) is 5.82 Å². The molecule has 0 saturated carbocycles. The van der Waals surface area contributed by atoms with Gasteiger partial charge in [0.15, 0.2) is 0 Å². The van der Waals surface area contributed by atoms with Gasteiger partial charge in [-0.15, -0.1) is 0 Å². The van der Waals surface area contributed by atoms with Gasteiger partial charge >= 0.3 is 5.69 Å². The SMILES string of the molecule is CN(OCc1ccccc1)c1ncccc1[N+](=O)[O-]. The molecule has 0 unspecified atom stereocenters. The minimum atomic E-state index is -0.481. The fourth-order valence-corrected chi connectivity index (χ4v) is 1.58. The lowest BCUT2D eigenvalue weighted by molar-refractivity contribution is -0.384. The van der Waals surface area contributed by atoms with E-state index in [9.17, 15) is 10.1 Å². The monoisotopic (exact) mass is 259 g/mol. The van der Waals surface area contributed by atoms with Crippen LogP contribution in [0.3, 0.4) is 0 Å². The third-order valence-electron chi connectivity index (χ3n) is 2.53. The largest absolute Gasteiger partial charge is 0.313 e. The third-order valence-corrected chi connectivity index (χ3v) is 2.53. The van der Waals surface area contributed by atoms with Crippen LogP contribution in [-0.2, 0) is 11.4 Å². The predicted octanol–water partition coefficient (Wildman–Crippen LogP) is 2.56. The zero-order valence-electron chi connectivity index (χ0n) is 10.4. The molecule has 0 bridgehead atoms. The van der Waals surface area contributed by atoms with Crippen LogP contribution in [0.2, 0.25) is 0 Å². The highest BCUT2D eigenvalue weighted by atomic mass is 16.7. The van der Waals surface area contributed by atoms with Crippen LogP contribution in [0.25, 0.3) is 0 Å². The number of hydroxylamine groups is 1. The highest BCUT2D eigenvalue weighted by molar-refractivity contribution is 5.55. The summed E-state index contributed by atoms with van der Waals surface area (Å²) in [6.45, 7) is 0.324. The summed E-state index contributed by atoms with van der Waals surface area (Å²) in [4.78, 5) is 19.8. The van der Waals surface area contributed by atoms with Gasteiger partial charge in [-0.1, -0.05) is 30.3 Å². The molecule has 0 spiro atoms. The van der Waals surface area contributed by atoms with E-state index in [4.69, 9.17) is 4.84 Å². The van der Waals surface area contributed by atoms with Crippen LogP contribution in [0.1, 0.15) is 5.56 Å². The number of anilines is 1. The maximum Gasteiger partial charge on any atom is 0.313 e. The normalized spacial score (nSPS) is 10.2. The molecule has 19 heavy (non-hydrogen) atoms. The van der Waals surface area contributed by atoms with Crippen molar-refractivity contribution in [3.63, 3.8) is 0 Å². The van der Waals surface area contributed by atoms with Gasteiger partial charge in [-0.05, 0) is 11.6 Å². The Kier molecular flexibility index (Phi) is 4.04. The van der Waals surface area contributed by atoms with Gasteiger partial charge in [0.1, 0.15) is 0 Å². The number of rotatable bonds is 5. The molecule has 0 aliphatic carbocycles. The van der Waals surface area contributed by atoms with E-state index in [1.54, 1.807) is 7.05 Å². The lowest BCUT2D eigenvalue weighted by Crippen LogP contribution is -2.19. The van der Waals surface area contributed by atoms with Gasteiger partial charge < -0.3 is 0 Å². The second kappa shape index (κ2) is 5.92. The van der Waals surface area contributed by atoms with Crippen molar-refractivity contribution in [2.45, 2.75) is 6.61 Å². The van der Waals surface area contributed by atoms with E-state index in [0.29, 0.717) is 6.61 Å². The van der Waals surface area contributed by atoms with E-state index in [-0.39, 0.29) is 11.5 Å². The van der Waals surface area contributed by atoms with Gasteiger partial charge in [-0.2, -0.15) is 0 Å².